The van der Waals surface area contributed by atoms with Crippen molar-refractivity contribution in [3.63, 3.8) is 0 Å². The predicted molar refractivity (Wildman–Crippen MR) is 60.0 cm³/mol. The summed E-state index contributed by atoms with van der Waals surface area (Å²) in [7, 11) is 5.15. The highest BCUT2D eigenvalue weighted by Crippen LogP contribution is 2.25. The highest BCUT2D eigenvalue weighted by Gasteiger charge is 2.34. The van der Waals surface area contributed by atoms with E-state index in [1.807, 2.05) is 0 Å². The maximum Gasteiger partial charge on any atom is 0.430 e. The third kappa shape index (κ3) is 3.02. The molecule has 0 aliphatic rings. The standard InChI is InChI=1S/C10H8BF3N2O2/c1-2-3-15-8(17)5-4-6(11)7(10(12,13)14)16-9(5)18/h2,4H,1,3H2,(H,15,17)(H,16,18). The van der Waals surface area contributed by atoms with Crippen molar-refractivity contribution in [2.24, 2.45) is 0 Å². The SMILES string of the molecule is [B]c1cc(C(=O)NCC=C)c(=O)[nH]c1C(F)(F)F. The Morgan fingerprint density at radius 2 is 2.17 bits per heavy atom. The molecule has 0 aliphatic carbocycles. The van der Waals surface area contributed by atoms with Gasteiger partial charge in [-0.2, -0.15) is 13.2 Å². The van der Waals surface area contributed by atoms with Crippen LogP contribution in [-0.4, -0.2) is 25.3 Å². The topological polar surface area (TPSA) is 62.0 Å². The van der Waals surface area contributed by atoms with E-state index in [-0.39, 0.29) is 6.54 Å². The van der Waals surface area contributed by atoms with Gasteiger partial charge in [0.1, 0.15) is 19.1 Å². The molecule has 1 aromatic heterocycles. The molecule has 2 radical (unpaired) electrons. The van der Waals surface area contributed by atoms with Gasteiger partial charge in [0.05, 0.1) is 0 Å². The van der Waals surface area contributed by atoms with Gasteiger partial charge in [0, 0.05) is 6.54 Å². The third-order valence-electron chi connectivity index (χ3n) is 2.01. The highest BCUT2D eigenvalue weighted by atomic mass is 19.4. The van der Waals surface area contributed by atoms with Crippen LogP contribution in [0.15, 0.2) is 23.5 Å². The molecule has 2 N–H and O–H groups in total. The molecule has 0 spiro atoms. The van der Waals surface area contributed by atoms with E-state index < -0.39 is 34.4 Å². The molecular weight excluding hydrogens is 248 g/mol. The van der Waals surface area contributed by atoms with Gasteiger partial charge >= 0.3 is 6.18 Å². The summed E-state index contributed by atoms with van der Waals surface area (Å²) >= 11 is 0. The molecule has 18 heavy (non-hydrogen) atoms. The van der Waals surface area contributed by atoms with Crippen molar-refractivity contribution >= 4 is 19.2 Å². The fourth-order valence-corrected chi connectivity index (χ4v) is 1.21. The second-order valence-corrected chi connectivity index (χ2v) is 3.34. The number of carbonyl (C=O) groups excluding carboxylic acids is 1. The summed E-state index contributed by atoms with van der Waals surface area (Å²) in [5.41, 5.74) is -3.72. The molecule has 8 heteroatoms. The molecule has 0 unspecified atom stereocenters. The van der Waals surface area contributed by atoms with Crippen LogP contribution in [0.5, 0.6) is 0 Å². The van der Waals surface area contributed by atoms with E-state index in [0.29, 0.717) is 6.07 Å². The number of amides is 1. The summed E-state index contributed by atoms with van der Waals surface area (Å²) < 4.78 is 37.2. The molecule has 94 valence electrons. The first-order chi connectivity index (χ1) is 8.27. The summed E-state index contributed by atoms with van der Waals surface area (Å²) in [5, 5.41) is 2.26. The number of H-pyrrole nitrogens is 1. The molecular formula is C10H8BF3N2O2. The van der Waals surface area contributed by atoms with E-state index in [9.17, 15) is 22.8 Å². The Hall–Kier alpha value is -1.99. The molecule has 0 saturated carbocycles. The van der Waals surface area contributed by atoms with Crippen LogP contribution in [0.2, 0.25) is 0 Å². The van der Waals surface area contributed by atoms with Crippen LogP contribution in [0.4, 0.5) is 13.2 Å². The van der Waals surface area contributed by atoms with Crippen LogP contribution in [-0.2, 0) is 6.18 Å². The molecule has 1 rings (SSSR count). The van der Waals surface area contributed by atoms with E-state index in [0.717, 1.165) is 0 Å². The Kier molecular flexibility index (Phi) is 4.00. The Balaban J connectivity index is 3.20. The number of halogens is 3. The zero-order chi connectivity index (χ0) is 13.9. The van der Waals surface area contributed by atoms with Crippen LogP contribution in [0, 0.1) is 0 Å². The number of aromatic nitrogens is 1. The van der Waals surface area contributed by atoms with Crippen LogP contribution in [0.25, 0.3) is 0 Å². The zero-order valence-corrected chi connectivity index (χ0v) is 9.10. The van der Waals surface area contributed by atoms with Crippen molar-refractivity contribution < 1.29 is 18.0 Å². The number of carbonyl (C=O) groups is 1. The first-order valence-electron chi connectivity index (χ1n) is 4.76. The van der Waals surface area contributed by atoms with Gasteiger partial charge < -0.3 is 10.3 Å². The molecule has 1 aromatic rings. The van der Waals surface area contributed by atoms with Crippen molar-refractivity contribution in [2.45, 2.75) is 6.18 Å². The van der Waals surface area contributed by atoms with Crippen molar-refractivity contribution in [1.29, 1.82) is 0 Å². The summed E-state index contributed by atoms with van der Waals surface area (Å²) in [5.74, 6) is -0.823. The Labute approximate surface area is 101 Å². The number of hydrogen-bond donors (Lipinski definition) is 2. The Morgan fingerprint density at radius 1 is 1.56 bits per heavy atom. The smallest absolute Gasteiger partial charge is 0.348 e. The molecule has 0 aromatic carbocycles. The average Bonchev–Trinajstić information content (AvgIpc) is 2.27. The van der Waals surface area contributed by atoms with Crippen molar-refractivity contribution in [3.05, 3.63) is 40.3 Å². The number of aromatic amines is 1. The molecule has 0 fully saturated rings. The highest BCUT2D eigenvalue weighted by molar-refractivity contribution is 6.33. The number of rotatable bonds is 3. The summed E-state index contributed by atoms with van der Waals surface area (Å²) in [6.45, 7) is 3.42. The second kappa shape index (κ2) is 5.11. The second-order valence-electron chi connectivity index (χ2n) is 3.34. The molecule has 4 nitrogen and oxygen atoms in total. The minimum absolute atomic E-state index is 0.0825. The zero-order valence-electron chi connectivity index (χ0n) is 9.10. The molecule has 0 aliphatic heterocycles. The number of nitrogens with one attached hydrogen (secondary N) is 2. The van der Waals surface area contributed by atoms with E-state index in [1.165, 1.54) is 6.08 Å². The first kappa shape index (κ1) is 14.1. The van der Waals surface area contributed by atoms with Crippen molar-refractivity contribution in [1.82, 2.24) is 10.3 Å². The monoisotopic (exact) mass is 256 g/mol. The van der Waals surface area contributed by atoms with Crippen LogP contribution in [0.3, 0.4) is 0 Å². The van der Waals surface area contributed by atoms with E-state index in [1.54, 1.807) is 4.98 Å². The van der Waals surface area contributed by atoms with Gasteiger partial charge in [0.2, 0.25) is 0 Å². The van der Waals surface area contributed by atoms with E-state index in [2.05, 4.69) is 11.9 Å². The molecule has 0 saturated heterocycles. The number of alkyl halides is 3. The summed E-state index contributed by atoms with van der Waals surface area (Å²) in [6.07, 6.45) is -3.42. The van der Waals surface area contributed by atoms with Crippen LogP contribution < -0.4 is 16.3 Å². The summed E-state index contributed by atoms with van der Waals surface area (Å²) in [4.78, 5) is 24.3. The number of hydrogen-bond acceptors (Lipinski definition) is 2. The lowest BCUT2D eigenvalue weighted by Crippen LogP contribution is -2.35. The normalized spacial score (nSPS) is 11.1. The minimum Gasteiger partial charge on any atom is -0.348 e. The van der Waals surface area contributed by atoms with Gasteiger partial charge in [-0.25, -0.2) is 0 Å². The van der Waals surface area contributed by atoms with E-state index in [4.69, 9.17) is 7.85 Å². The van der Waals surface area contributed by atoms with Gasteiger partial charge in [-0.15, -0.1) is 6.58 Å². The molecule has 1 heterocycles. The first-order valence-corrected chi connectivity index (χ1v) is 4.76. The van der Waals surface area contributed by atoms with Gasteiger partial charge in [-0.3, -0.25) is 9.59 Å². The quantitative estimate of drug-likeness (QED) is 0.595. The van der Waals surface area contributed by atoms with Gasteiger partial charge in [-0.05, 0) is 6.07 Å². The molecule has 0 bridgehead atoms. The van der Waals surface area contributed by atoms with Crippen LogP contribution in [0.1, 0.15) is 16.1 Å². The largest absolute Gasteiger partial charge is 0.430 e. The van der Waals surface area contributed by atoms with Crippen LogP contribution >= 0.6 is 0 Å². The van der Waals surface area contributed by atoms with Gasteiger partial charge in [0.15, 0.2) is 0 Å². The lowest BCUT2D eigenvalue weighted by atomic mass is 9.92. The summed E-state index contributed by atoms with van der Waals surface area (Å²) in [6, 6.07) is 0.695. The van der Waals surface area contributed by atoms with E-state index >= 15 is 0 Å². The maximum absolute atomic E-state index is 12.4. The van der Waals surface area contributed by atoms with Crippen molar-refractivity contribution in [3.8, 4) is 0 Å². The fourth-order valence-electron chi connectivity index (χ4n) is 1.21. The Morgan fingerprint density at radius 3 is 2.67 bits per heavy atom. The molecule has 1 amide bonds. The average molecular weight is 256 g/mol. The molecule has 0 atom stereocenters. The lowest BCUT2D eigenvalue weighted by Gasteiger charge is -2.11. The predicted octanol–water partition coefficient (Wildman–Crippen LogP) is 0.103. The lowest BCUT2D eigenvalue weighted by molar-refractivity contribution is -0.140. The Bertz CT molecular complexity index is 537. The van der Waals surface area contributed by atoms with Gasteiger partial charge in [0.25, 0.3) is 11.5 Å². The number of pyridine rings is 1. The third-order valence-corrected chi connectivity index (χ3v) is 2.01. The minimum atomic E-state index is -4.78. The maximum atomic E-state index is 12.4. The van der Waals surface area contributed by atoms with Gasteiger partial charge in [-0.1, -0.05) is 11.5 Å². The van der Waals surface area contributed by atoms with Crippen molar-refractivity contribution in [2.75, 3.05) is 6.54 Å². The fraction of sp³-hybridized carbons (Fsp3) is 0.200.